The lowest BCUT2D eigenvalue weighted by atomic mass is 9.44. The molecule has 1 aliphatic heterocycles. The van der Waals surface area contributed by atoms with E-state index in [9.17, 15) is 14.7 Å². The molecule has 0 radical (unpaired) electrons. The van der Waals surface area contributed by atoms with Crippen LogP contribution in [0.3, 0.4) is 0 Å². The third kappa shape index (κ3) is 3.79. The normalized spacial score (nSPS) is 46.7. The smallest absolute Gasteiger partial charge is 0.393 e. The maximum atomic E-state index is 13.9. The summed E-state index contributed by atoms with van der Waals surface area (Å²) in [6, 6.07) is 0. The molecule has 5 rings (SSSR count). The van der Waals surface area contributed by atoms with Gasteiger partial charge in [-0.05, 0) is 82.8 Å². The monoisotopic (exact) mass is 516 g/mol. The van der Waals surface area contributed by atoms with Gasteiger partial charge in [-0.15, -0.1) is 0 Å². The fourth-order valence-corrected chi connectivity index (χ4v) is 9.14. The molecule has 7 heteroatoms. The van der Waals surface area contributed by atoms with Crippen LogP contribution in [-0.2, 0) is 28.5 Å². The number of Topliss-reactive ketones (excluding diaryl/α,β-unsaturated/α-hetero) is 1. The summed E-state index contributed by atoms with van der Waals surface area (Å²) in [5.41, 5.74) is -1.10. The second kappa shape index (κ2) is 8.82. The van der Waals surface area contributed by atoms with E-state index in [0.717, 1.165) is 18.4 Å². The van der Waals surface area contributed by atoms with Crippen molar-refractivity contribution in [1.82, 2.24) is 0 Å². The fraction of sp³-hybridized carbons (Fsp3) is 0.800. The molecule has 206 valence electrons. The highest BCUT2D eigenvalue weighted by atomic mass is 17.0. The van der Waals surface area contributed by atoms with E-state index in [1.807, 2.05) is 33.8 Å². The van der Waals surface area contributed by atoms with Crippen LogP contribution in [0.1, 0.15) is 74.7 Å². The van der Waals surface area contributed by atoms with Crippen molar-refractivity contribution in [3.8, 4) is 0 Å². The Morgan fingerprint density at radius 3 is 2.32 bits per heavy atom. The SMILES string of the molecule is CC(C)OC1(OC(C)C)OCC(=O)[C@@]2(O1)[C@H](C)C[C@H]1[C@@H]3C[C@H](C)C4=CC(=O)C=C[C@]4(C)[C@H]3C(O)C[C@@]12C. The van der Waals surface area contributed by atoms with Gasteiger partial charge in [0.2, 0.25) is 0 Å². The van der Waals surface area contributed by atoms with Gasteiger partial charge >= 0.3 is 6.16 Å². The highest BCUT2D eigenvalue weighted by molar-refractivity contribution is 6.01. The Labute approximate surface area is 220 Å². The lowest BCUT2D eigenvalue weighted by molar-refractivity contribution is -0.544. The first-order chi connectivity index (χ1) is 17.2. The number of fused-ring (bicyclic) bond motifs is 6. The van der Waals surface area contributed by atoms with Crippen LogP contribution in [0.5, 0.6) is 0 Å². The Hall–Kier alpha value is -1.38. The first kappa shape index (κ1) is 27.2. The van der Waals surface area contributed by atoms with E-state index in [0.29, 0.717) is 6.42 Å². The van der Waals surface area contributed by atoms with Crippen molar-refractivity contribution >= 4 is 11.6 Å². The highest BCUT2D eigenvalue weighted by Gasteiger charge is 2.75. The second-order valence-corrected chi connectivity index (χ2v) is 13.3. The van der Waals surface area contributed by atoms with Crippen molar-refractivity contribution < 1.29 is 33.6 Å². The molecule has 1 saturated heterocycles. The molecule has 0 aromatic heterocycles. The van der Waals surface area contributed by atoms with Gasteiger partial charge in [-0.1, -0.05) is 39.3 Å². The molecule has 9 atom stereocenters. The summed E-state index contributed by atoms with van der Waals surface area (Å²) in [5.74, 6) is 0.314. The Kier molecular flexibility index (Phi) is 6.48. The van der Waals surface area contributed by atoms with Crippen LogP contribution in [0.25, 0.3) is 0 Å². The van der Waals surface area contributed by atoms with Crippen LogP contribution < -0.4 is 0 Å². The minimum absolute atomic E-state index is 0.0224. The van der Waals surface area contributed by atoms with Crippen LogP contribution in [0.15, 0.2) is 23.8 Å². The molecule has 1 spiro atoms. The van der Waals surface area contributed by atoms with E-state index < -0.39 is 23.3 Å². The van der Waals surface area contributed by atoms with E-state index in [2.05, 4.69) is 27.7 Å². The molecule has 4 aliphatic carbocycles. The van der Waals surface area contributed by atoms with Crippen LogP contribution in [0, 0.1) is 40.4 Å². The minimum Gasteiger partial charge on any atom is -0.393 e. The topological polar surface area (TPSA) is 91.3 Å². The Balaban J connectivity index is 1.58. The summed E-state index contributed by atoms with van der Waals surface area (Å²) in [6.07, 6.45) is 4.62. The zero-order valence-electron chi connectivity index (χ0n) is 23.6. The summed E-state index contributed by atoms with van der Waals surface area (Å²) in [6.45, 7) is 15.9. The van der Waals surface area contributed by atoms with Crippen LogP contribution in [-0.4, -0.2) is 53.4 Å². The summed E-state index contributed by atoms with van der Waals surface area (Å²) in [7, 11) is 0. The maximum Gasteiger partial charge on any atom is 0.414 e. The number of allylic oxidation sites excluding steroid dienone is 4. The average Bonchev–Trinajstić information content (AvgIpc) is 2.98. The summed E-state index contributed by atoms with van der Waals surface area (Å²) < 4.78 is 24.9. The summed E-state index contributed by atoms with van der Waals surface area (Å²) in [5, 5.41) is 11.9. The molecule has 3 saturated carbocycles. The first-order valence-electron chi connectivity index (χ1n) is 14.1. The lowest BCUT2D eigenvalue weighted by Gasteiger charge is -2.62. The minimum atomic E-state index is -1.78. The van der Waals surface area contributed by atoms with Crippen molar-refractivity contribution in [2.24, 2.45) is 40.4 Å². The standard InChI is InChI=1S/C30H44O7/c1-16(2)35-30(36-17(3)4)34-15-25(33)29(37-30)19(6)12-23-21-11-18(5)22-13-20(31)9-10-27(22,7)26(21)24(32)14-28(23,29)8/h9-10,13,16-19,21,23-24,26,32H,11-12,14-15H2,1-8H3/t18-,19+,21-,23-,24?,26+,27-,28-,29-/m0/s1. The highest BCUT2D eigenvalue weighted by Crippen LogP contribution is 2.70. The molecule has 1 unspecified atom stereocenters. The molecule has 37 heavy (non-hydrogen) atoms. The number of aliphatic hydroxyl groups is 1. The van der Waals surface area contributed by atoms with Crippen molar-refractivity contribution in [1.29, 1.82) is 0 Å². The second-order valence-electron chi connectivity index (χ2n) is 13.3. The summed E-state index contributed by atoms with van der Waals surface area (Å²) in [4.78, 5) is 26.2. The zero-order valence-corrected chi connectivity index (χ0v) is 23.6. The van der Waals surface area contributed by atoms with Gasteiger partial charge in [0.05, 0.1) is 18.3 Å². The Morgan fingerprint density at radius 2 is 1.70 bits per heavy atom. The van der Waals surface area contributed by atoms with Gasteiger partial charge < -0.3 is 14.6 Å². The number of ketones is 2. The van der Waals surface area contributed by atoms with Gasteiger partial charge in [0, 0.05) is 16.7 Å². The van der Waals surface area contributed by atoms with Crippen molar-refractivity contribution in [3.63, 3.8) is 0 Å². The Bertz CT molecular complexity index is 1020. The van der Waals surface area contributed by atoms with Gasteiger partial charge in [0.1, 0.15) is 12.2 Å². The number of aliphatic hydroxyl groups excluding tert-OH is 1. The van der Waals surface area contributed by atoms with E-state index in [1.54, 1.807) is 12.2 Å². The number of hydrogen-bond donors (Lipinski definition) is 1. The van der Waals surface area contributed by atoms with Crippen molar-refractivity contribution in [2.75, 3.05) is 6.61 Å². The molecule has 0 aromatic rings. The van der Waals surface area contributed by atoms with Crippen molar-refractivity contribution in [3.05, 3.63) is 23.8 Å². The molecular weight excluding hydrogens is 472 g/mol. The quantitative estimate of drug-likeness (QED) is 0.547. The molecule has 7 nitrogen and oxygen atoms in total. The molecule has 0 bridgehead atoms. The zero-order chi connectivity index (χ0) is 27.1. The molecular formula is C30H44O7. The average molecular weight is 517 g/mol. The predicted octanol–water partition coefficient (Wildman–Crippen LogP) is 4.57. The van der Waals surface area contributed by atoms with Gasteiger partial charge in [0.25, 0.3) is 0 Å². The van der Waals surface area contributed by atoms with Gasteiger partial charge in [-0.25, -0.2) is 0 Å². The van der Waals surface area contributed by atoms with E-state index >= 15 is 0 Å². The van der Waals surface area contributed by atoms with E-state index in [1.165, 1.54) is 0 Å². The predicted molar refractivity (Wildman–Crippen MR) is 137 cm³/mol. The largest absolute Gasteiger partial charge is 0.414 e. The molecule has 0 amide bonds. The first-order valence-corrected chi connectivity index (χ1v) is 14.1. The van der Waals surface area contributed by atoms with Gasteiger partial charge in [0.15, 0.2) is 11.6 Å². The van der Waals surface area contributed by atoms with Crippen LogP contribution in [0.4, 0.5) is 0 Å². The fourth-order valence-electron chi connectivity index (χ4n) is 9.14. The van der Waals surface area contributed by atoms with E-state index in [4.69, 9.17) is 18.9 Å². The number of carbonyl (C=O) groups excluding carboxylic acids is 2. The molecule has 4 fully saturated rings. The lowest BCUT2D eigenvalue weighted by Crippen LogP contribution is -2.70. The van der Waals surface area contributed by atoms with Crippen LogP contribution >= 0.6 is 0 Å². The number of carbonyl (C=O) groups is 2. The third-order valence-corrected chi connectivity index (χ3v) is 10.2. The number of rotatable bonds is 4. The van der Waals surface area contributed by atoms with Gasteiger partial charge in [-0.2, -0.15) is 0 Å². The molecule has 0 aromatic carbocycles. The van der Waals surface area contributed by atoms with Gasteiger partial charge in [-0.3, -0.25) is 19.1 Å². The molecule has 1 heterocycles. The Morgan fingerprint density at radius 1 is 1.05 bits per heavy atom. The number of ether oxygens (including phenoxy) is 4. The molecule has 1 N–H and O–H groups in total. The van der Waals surface area contributed by atoms with E-state index in [-0.39, 0.29) is 65.4 Å². The van der Waals surface area contributed by atoms with Crippen LogP contribution in [0.2, 0.25) is 0 Å². The number of hydrogen-bond acceptors (Lipinski definition) is 7. The van der Waals surface area contributed by atoms with Crippen molar-refractivity contribution in [2.45, 2.75) is 105 Å². The third-order valence-electron chi connectivity index (χ3n) is 10.2. The summed E-state index contributed by atoms with van der Waals surface area (Å²) >= 11 is 0. The maximum absolute atomic E-state index is 13.9. The molecule has 5 aliphatic rings.